The predicted molar refractivity (Wildman–Crippen MR) is 131 cm³/mol. The van der Waals surface area contributed by atoms with E-state index < -0.39 is 24.1 Å². The van der Waals surface area contributed by atoms with Crippen molar-refractivity contribution in [2.24, 2.45) is 11.0 Å². The minimum atomic E-state index is -0.838. The van der Waals surface area contributed by atoms with Crippen molar-refractivity contribution in [1.29, 1.82) is 0 Å². The number of likely N-dealkylation sites (tertiary alicyclic amines) is 1. The van der Waals surface area contributed by atoms with E-state index in [-0.39, 0.29) is 24.8 Å². The Morgan fingerprint density at radius 2 is 1.89 bits per heavy atom. The van der Waals surface area contributed by atoms with Crippen LogP contribution in [0.2, 0.25) is 0 Å². The Bertz CT molecular complexity index is 1140. The fraction of sp³-hybridized carbons (Fsp3) is 0.500. The molecule has 4 rings (SSSR count). The fourth-order valence-electron chi connectivity index (χ4n) is 5.32. The number of nitrogens with one attached hydrogen (secondary N) is 1. The number of hydrogen-bond donors (Lipinski definition) is 1. The average molecular weight is 478 g/mol. The maximum atomic E-state index is 13.7. The number of hydrogen-bond acceptors (Lipinski definition) is 5. The van der Waals surface area contributed by atoms with E-state index in [2.05, 4.69) is 15.3 Å². The molecule has 1 heterocycles. The standard InChI is InChI=1S/C26H31N5O4/c1-35-26(34)23-15-21(29-30-27)16-31(23)25(33)22(13-17-7-3-2-4-8-17)28-24(32)20-12-11-18-9-5-6-10-19(18)14-20/h5-6,9-12,14,17,21-23H,2-4,7-8,13,15-16H2,1H3,(H,28,32)/t21-,22?,23+/m1/s1. The summed E-state index contributed by atoms with van der Waals surface area (Å²) in [4.78, 5) is 43.7. The second kappa shape index (κ2) is 11.2. The van der Waals surface area contributed by atoms with Gasteiger partial charge in [-0.25, -0.2) is 4.79 Å². The Balaban J connectivity index is 1.58. The number of carbonyl (C=O) groups is 3. The van der Waals surface area contributed by atoms with Crippen LogP contribution >= 0.6 is 0 Å². The van der Waals surface area contributed by atoms with E-state index in [1.165, 1.54) is 18.4 Å². The molecule has 2 fully saturated rings. The number of esters is 1. The van der Waals surface area contributed by atoms with Gasteiger partial charge in [0.25, 0.3) is 5.91 Å². The third kappa shape index (κ3) is 5.74. The summed E-state index contributed by atoms with van der Waals surface area (Å²) in [6.07, 6.45) is 6.14. The minimum Gasteiger partial charge on any atom is -0.467 e. The van der Waals surface area contributed by atoms with Crippen molar-refractivity contribution in [3.8, 4) is 0 Å². The molecule has 2 aromatic rings. The molecule has 1 unspecified atom stereocenters. The topological polar surface area (TPSA) is 124 Å². The highest BCUT2D eigenvalue weighted by atomic mass is 16.5. The van der Waals surface area contributed by atoms with Crippen LogP contribution in [-0.2, 0) is 14.3 Å². The summed E-state index contributed by atoms with van der Waals surface area (Å²) in [7, 11) is 1.27. The lowest BCUT2D eigenvalue weighted by Crippen LogP contribution is -2.52. The molecular weight excluding hydrogens is 446 g/mol. The van der Waals surface area contributed by atoms with Crippen molar-refractivity contribution in [2.45, 2.75) is 63.1 Å². The number of rotatable bonds is 7. The van der Waals surface area contributed by atoms with E-state index in [1.54, 1.807) is 6.07 Å². The summed E-state index contributed by atoms with van der Waals surface area (Å²) in [6.45, 7) is 0.121. The van der Waals surface area contributed by atoms with Gasteiger partial charge in [0.2, 0.25) is 5.91 Å². The molecule has 9 heteroatoms. The zero-order valence-electron chi connectivity index (χ0n) is 19.9. The lowest BCUT2D eigenvalue weighted by molar-refractivity contribution is -0.151. The third-order valence-electron chi connectivity index (χ3n) is 7.16. The van der Waals surface area contributed by atoms with Gasteiger partial charge in [-0.3, -0.25) is 9.59 Å². The summed E-state index contributed by atoms with van der Waals surface area (Å²) >= 11 is 0. The first kappa shape index (κ1) is 24.5. The van der Waals surface area contributed by atoms with E-state index in [0.29, 0.717) is 17.9 Å². The zero-order chi connectivity index (χ0) is 24.8. The van der Waals surface area contributed by atoms with Gasteiger partial charge in [-0.2, -0.15) is 0 Å². The van der Waals surface area contributed by atoms with Crippen LogP contribution in [0.3, 0.4) is 0 Å². The fourth-order valence-corrected chi connectivity index (χ4v) is 5.32. The monoisotopic (exact) mass is 477 g/mol. The first-order chi connectivity index (χ1) is 17.0. The van der Waals surface area contributed by atoms with Gasteiger partial charge in [0.15, 0.2) is 0 Å². The molecule has 9 nitrogen and oxygen atoms in total. The number of fused-ring (bicyclic) bond motifs is 1. The molecule has 0 radical (unpaired) electrons. The first-order valence-corrected chi connectivity index (χ1v) is 12.2. The summed E-state index contributed by atoms with van der Waals surface area (Å²) in [5.74, 6) is -0.894. The lowest BCUT2D eigenvalue weighted by Gasteiger charge is -2.31. The van der Waals surface area contributed by atoms with Gasteiger partial charge in [0.1, 0.15) is 12.1 Å². The third-order valence-corrected chi connectivity index (χ3v) is 7.16. The maximum Gasteiger partial charge on any atom is 0.328 e. The van der Waals surface area contributed by atoms with Crippen molar-refractivity contribution >= 4 is 28.6 Å². The lowest BCUT2D eigenvalue weighted by atomic mass is 9.84. The molecule has 35 heavy (non-hydrogen) atoms. The van der Waals surface area contributed by atoms with Crippen LogP contribution in [0.5, 0.6) is 0 Å². The van der Waals surface area contributed by atoms with Crippen molar-refractivity contribution < 1.29 is 19.1 Å². The number of azide groups is 1. The number of ether oxygens (including phenoxy) is 1. The highest BCUT2D eigenvalue weighted by Crippen LogP contribution is 2.30. The van der Waals surface area contributed by atoms with Crippen molar-refractivity contribution in [3.05, 3.63) is 58.5 Å². The van der Waals surface area contributed by atoms with Crippen molar-refractivity contribution in [3.63, 3.8) is 0 Å². The Morgan fingerprint density at radius 3 is 2.60 bits per heavy atom. The molecule has 0 aromatic heterocycles. The molecule has 1 saturated heterocycles. The Morgan fingerprint density at radius 1 is 1.14 bits per heavy atom. The quantitative estimate of drug-likeness (QED) is 0.275. The molecule has 3 atom stereocenters. The predicted octanol–water partition coefficient (Wildman–Crippen LogP) is 4.36. The molecule has 2 aliphatic rings. The van der Waals surface area contributed by atoms with Crippen molar-refractivity contribution in [2.75, 3.05) is 13.7 Å². The van der Waals surface area contributed by atoms with Crippen LogP contribution in [-0.4, -0.2) is 54.5 Å². The minimum absolute atomic E-state index is 0.121. The molecular formula is C26H31N5O4. The maximum absolute atomic E-state index is 13.7. The summed E-state index contributed by atoms with van der Waals surface area (Å²) in [5, 5.41) is 8.66. The van der Waals surface area contributed by atoms with Gasteiger partial charge in [-0.15, -0.1) is 0 Å². The van der Waals surface area contributed by atoms with Crippen LogP contribution < -0.4 is 5.32 Å². The molecule has 0 bridgehead atoms. The Kier molecular flexibility index (Phi) is 7.87. The molecule has 1 aliphatic heterocycles. The van der Waals surface area contributed by atoms with E-state index in [0.717, 1.165) is 36.5 Å². The van der Waals surface area contributed by atoms with Gasteiger partial charge >= 0.3 is 5.97 Å². The number of nitrogens with zero attached hydrogens (tertiary/aromatic N) is 4. The number of benzene rings is 2. The SMILES string of the molecule is COC(=O)[C@@H]1C[C@@H](N=[N+]=[N-])CN1C(=O)C(CC1CCCCC1)NC(=O)c1ccc2ccccc2c1. The van der Waals surface area contributed by atoms with Crippen LogP contribution in [0, 0.1) is 5.92 Å². The van der Waals surface area contributed by atoms with Gasteiger partial charge < -0.3 is 15.0 Å². The van der Waals surface area contributed by atoms with E-state index in [4.69, 9.17) is 10.3 Å². The zero-order valence-corrected chi connectivity index (χ0v) is 19.9. The normalized spacial score (nSPS) is 21.2. The molecule has 2 aromatic carbocycles. The molecule has 0 spiro atoms. The molecule has 1 saturated carbocycles. The van der Waals surface area contributed by atoms with E-state index in [9.17, 15) is 14.4 Å². The van der Waals surface area contributed by atoms with E-state index in [1.807, 2.05) is 36.4 Å². The summed E-state index contributed by atoms with van der Waals surface area (Å²) in [6, 6.07) is 11.1. The summed E-state index contributed by atoms with van der Waals surface area (Å²) in [5.41, 5.74) is 9.34. The second-order valence-electron chi connectivity index (χ2n) is 9.45. The average Bonchev–Trinajstić information content (AvgIpc) is 3.31. The second-order valence-corrected chi connectivity index (χ2v) is 9.45. The van der Waals surface area contributed by atoms with Crippen LogP contribution in [0.4, 0.5) is 0 Å². The Labute approximate surface area is 204 Å². The van der Waals surface area contributed by atoms with Gasteiger partial charge in [-0.05, 0) is 47.2 Å². The van der Waals surface area contributed by atoms with Crippen LogP contribution in [0.25, 0.3) is 21.2 Å². The number of methoxy groups -OCH3 is 1. The first-order valence-electron chi connectivity index (χ1n) is 12.2. The van der Waals surface area contributed by atoms with Gasteiger partial charge in [-0.1, -0.05) is 67.6 Å². The Hall–Kier alpha value is -3.58. The smallest absolute Gasteiger partial charge is 0.328 e. The number of carbonyl (C=O) groups excluding carboxylic acids is 3. The van der Waals surface area contributed by atoms with Gasteiger partial charge in [0, 0.05) is 17.0 Å². The molecule has 2 amide bonds. The highest BCUT2D eigenvalue weighted by Gasteiger charge is 2.42. The van der Waals surface area contributed by atoms with Crippen LogP contribution in [0.1, 0.15) is 55.3 Å². The molecule has 1 N–H and O–H groups in total. The molecule has 1 aliphatic carbocycles. The van der Waals surface area contributed by atoms with E-state index >= 15 is 0 Å². The highest BCUT2D eigenvalue weighted by molar-refractivity contribution is 6.01. The van der Waals surface area contributed by atoms with Gasteiger partial charge in [0.05, 0.1) is 13.2 Å². The van der Waals surface area contributed by atoms with Crippen LogP contribution in [0.15, 0.2) is 47.6 Å². The molecule has 184 valence electrons. The number of amides is 2. The largest absolute Gasteiger partial charge is 0.467 e. The summed E-state index contributed by atoms with van der Waals surface area (Å²) < 4.78 is 4.91. The van der Waals surface area contributed by atoms with Crippen molar-refractivity contribution in [1.82, 2.24) is 10.2 Å².